The van der Waals surface area contributed by atoms with Crippen LogP contribution in [0.5, 0.6) is 0 Å². The van der Waals surface area contributed by atoms with Gasteiger partial charge in [0, 0.05) is 23.5 Å². The number of fused-ring (bicyclic) bond motifs is 1. The summed E-state index contributed by atoms with van der Waals surface area (Å²) in [5, 5.41) is 6.98. The van der Waals surface area contributed by atoms with Gasteiger partial charge in [0.1, 0.15) is 17.3 Å². The summed E-state index contributed by atoms with van der Waals surface area (Å²) >= 11 is 0. The van der Waals surface area contributed by atoms with Crippen LogP contribution in [-0.2, 0) is 4.74 Å². The Bertz CT molecular complexity index is 1410. The van der Waals surface area contributed by atoms with Crippen LogP contribution in [0.3, 0.4) is 0 Å². The molecule has 0 aliphatic heterocycles. The second-order valence-corrected chi connectivity index (χ2v) is 6.94. The van der Waals surface area contributed by atoms with Crippen LogP contribution < -0.4 is 5.32 Å². The molecule has 158 valence electrons. The van der Waals surface area contributed by atoms with Crippen molar-refractivity contribution in [3.8, 4) is 28.2 Å². The molecule has 4 heterocycles. The largest absolute Gasteiger partial charge is 0.453 e. The second-order valence-electron chi connectivity index (χ2n) is 6.94. The number of nitrogens with one attached hydrogen (secondary N) is 1. The van der Waals surface area contributed by atoms with Crippen molar-refractivity contribution in [3.05, 3.63) is 85.2 Å². The van der Waals surface area contributed by atoms with E-state index in [1.165, 1.54) is 19.2 Å². The number of rotatable bonds is 4. The van der Waals surface area contributed by atoms with E-state index in [0.717, 1.165) is 33.8 Å². The fraction of sp³-hybridized carbons (Fsp3) is 0.0435. The van der Waals surface area contributed by atoms with Crippen LogP contribution in [0.25, 0.3) is 33.8 Å². The zero-order valence-electron chi connectivity index (χ0n) is 16.9. The first-order valence-corrected chi connectivity index (χ1v) is 9.71. The Morgan fingerprint density at radius 2 is 1.75 bits per heavy atom. The fourth-order valence-electron chi connectivity index (χ4n) is 3.43. The summed E-state index contributed by atoms with van der Waals surface area (Å²) in [5.41, 5.74) is 4.92. The number of aromatic nitrogens is 5. The first-order valence-electron chi connectivity index (χ1n) is 9.71. The van der Waals surface area contributed by atoms with Crippen molar-refractivity contribution in [1.82, 2.24) is 24.1 Å². The molecule has 0 spiro atoms. The summed E-state index contributed by atoms with van der Waals surface area (Å²) in [5.74, 6) is 0.0984. The lowest BCUT2D eigenvalue weighted by molar-refractivity contribution is 0.187. The Balaban J connectivity index is 1.52. The third-order valence-electron chi connectivity index (χ3n) is 4.99. The number of amides is 1. The first-order chi connectivity index (χ1) is 15.6. The highest BCUT2D eigenvalue weighted by Gasteiger charge is 2.12. The number of hydrogen-bond donors (Lipinski definition) is 1. The van der Waals surface area contributed by atoms with Gasteiger partial charge < -0.3 is 4.74 Å². The third kappa shape index (κ3) is 3.56. The summed E-state index contributed by atoms with van der Waals surface area (Å²) in [6, 6.07) is 15.5. The van der Waals surface area contributed by atoms with Crippen LogP contribution in [-0.4, -0.2) is 37.4 Å². The number of ether oxygens (including phenoxy) is 1. The molecule has 1 N–H and O–H groups in total. The third-order valence-corrected chi connectivity index (χ3v) is 4.99. The Hall–Kier alpha value is -4.53. The lowest BCUT2D eigenvalue weighted by Crippen LogP contribution is -2.11. The Morgan fingerprint density at radius 3 is 2.50 bits per heavy atom. The van der Waals surface area contributed by atoms with E-state index in [9.17, 15) is 9.18 Å². The summed E-state index contributed by atoms with van der Waals surface area (Å²) in [4.78, 5) is 20.1. The predicted molar refractivity (Wildman–Crippen MR) is 117 cm³/mol. The van der Waals surface area contributed by atoms with E-state index in [1.807, 2.05) is 34.9 Å². The normalized spacial score (nSPS) is 10.9. The van der Waals surface area contributed by atoms with Crippen molar-refractivity contribution in [2.75, 3.05) is 12.4 Å². The number of anilines is 1. The van der Waals surface area contributed by atoms with Gasteiger partial charge in [-0.2, -0.15) is 5.10 Å². The van der Waals surface area contributed by atoms with Crippen molar-refractivity contribution in [3.63, 3.8) is 0 Å². The van der Waals surface area contributed by atoms with E-state index in [-0.39, 0.29) is 5.82 Å². The zero-order valence-corrected chi connectivity index (χ0v) is 16.9. The van der Waals surface area contributed by atoms with E-state index >= 15 is 0 Å². The number of pyridine rings is 2. The van der Waals surface area contributed by atoms with Gasteiger partial charge in [0.2, 0.25) is 0 Å². The second kappa shape index (κ2) is 7.95. The smallest absolute Gasteiger partial charge is 0.412 e. The molecule has 0 fully saturated rings. The molecule has 1 amide bonds. The summed E-state index contributed by atoms with van der Waals surface area (Å²) in [6.07, 6.45) is 6.46. The Kier molecular flexibility index (Phi) is 4.83. The molecule has 32 heavy (non-hydrogen) atoms. The highest BCUT2D eigenvalue weighted by Crippen LogP contribution is 2.26. The summed E-state index contributed by atoms with van der Waals surface area (Å²) < 4.78 is 21.6. The monoisotopic (exact) mass is 428 g/mol. The fourth-order valence-corrected chi connectivity index (χ4v) is 3.43. The maximum absolute atomic E-state index is 13.3. The maximum Gasteiger partial charge on any atom is 0.412 e. The standard InChI is InChI=1S/C23H17FN6O2/c1-32-23(31)28-21-8-4-16(12-25-21)20-13-26-22-9-7-18(14-29(20)22)30-19(10-11-27-30)15-2-5-17(24)6-3-15/h2-14H,1H3,(H,25,28,31). The van der Waals surface area contributed by atoms with Gasteiger partial charge in [-0.1, -0.05) is 0 Å². The minimum atomic E-state index is -0.583. The molecule has 0 aliphatic carbocycles. The molecule has 8 nitrogen and oxygen atoms in total. The summed E-state index contributed by atoms with van der Waals surface area (Å²) in [6.45, 7) is 0. The van der Waals surface area contributed by atoms with Crippen molar-refractivity contribution in [2.24, 2.45) is 0 Å². The SMILES string of the molecule is COC(=O)Nc1ccc(-c2cnc3ccc(-n4nccc4-c4ccc(F)cc4)cn23)cn1. The minimum absolute atomic E-state index is 0.286. The van der Waals surface area contributed by atoms with Crippen LogP contribution in [0.4, 0.5) is 15.0 Å². The quantitative estimate of drug-likeness (QED) is 0.453. The molecule has 1 aromatic carbocycles. The van der Waals surface area contributed by atoms with Crippen molar-refractivity contribution >= 4 is 17.6 Å². The van der Waals surface area contributed by atoms with Crippen LogP contribution in [0.15, 0.2) is 79.4 Å². The molecule has 0 bridgehead atoms. The van der Waals surface area contributed by atoms with Crippen LogP contribution in [0, 0.1) is 5.82 Å². The van der Waals surface area contributed by atoms with Crippen LogP contribution >= 0.6 is 0 Å². The number of carbonyl (C=O) groups excluding carboxylic acids is 1. The highest BCUT2D eigenvalue weighted by atomic mass is 19.1. The predicted octanol–water partition coefficient (Wildman–Crippen LogP) is 4.57. The van der Waals surface area contributed by atoms with Crippen molar-refractivity contribution in [1.29, 1.82) is 0 Å². The molecule has 0 saturated carbocycles. The van der Waals surface area contributed by atoms with Crippen molar-refractivity contribution in [2.45, 2.75) is 0 Å². The molecule has 0 radical (unpaired) electrons. The van der Waals surface area contributed by atoms with Gasteiger partial charge in [0.15, 0.2) is 0 Å². The first kappa shape index (κ1) is 19.4. The van der Waals surface area contributed by atoms with Crippen molar-refractivity contribution < 1.29 is 13.9 Å². The van der Waals surface area contributed by atoms with Gasteiger partial charge in [-0.3, -0.25) is 9.72 Å². The highest BCUT2D eigenvalue weighted by molar-refractivity contribution is 5.83. The van der Waals surface area contributed by atoms with Crippen LogP contribution in [0.2, 0.25) is 0 Å². The number of hydrogen-bond acceptors (Lipinski definition) is 5. The molecular formula is C23H17FN6O2. The number of nitrogens with zero attached hydrogens (tertiary/aromatic N) is 5. The molecule has 0 unspecified atom stereocenters. The molecule has 5 rings (SSSR count). The van der Waals surface area contributed by atoms with E-state index in [0.29, 0.717) is 5.82 Å². The number of methoxy groups -OCH3 is 1. The molecule has 0 aliphatic rings. The lowest BCUT2D eigenvalue weighted by atomic mass is 10.1. The molecule has 5 aromatic rings. The maximum atomic E-state index is 13.3. The Labute approximate surface area is 181 Å². The van der Waals surface area contributed by atoms with E-state index in [4.69, 9.17) is 0 Å². The van der Waals surface area contributed by atoms with Gasteiger partial charge in [0.25, 0.3) is 0 Å². The van der Waals surface area contributed by atoms with E-state index in [2.05, 4.69) is 25.1 Å². The van der Waals surface area contributed by atoms with E-state index < -0.39 is 6.09 Å². The molecule has 9 heteroatoms. The Morgan fingerprint density at radius 1 is 0.938 bits per heavy atom. The zero-order chi connectivity index (χ0) is 22.1. The average Bonchev–Trinajstić information content (AvgIpc) is 3.47. The topological polar surface area (TPSA) is 86.3 Å². The molecule has 0 saturated heterocycles. The van der Waals surface area contributed by atoms with Gasteiger partial charge in [0.05, 0.1) is 36.6 Å². The number of benzene rings is 1. The molecule has 0 atom stereocenters. The number of carbonyl (C=O) groups is 1. The molecular weight excluding hydrogens is 411 g/mol. The van der Waals surface area contributed by atoms with E-state index in [1.54, 1.807) is 41.5 Å². The number of imidazole rings is 1. The number of halogens is 1. The van der Waals surface area contributed by atoms with Gasteiger partial charge in [-0.05, 0) is 54.6 Å². The lowest BCUT2D eigenvalue weighted by Gasteiger charge is -2.10. The average molecular weight is 428 g/mol. The minimum Gasteiger partial charge on any atom is -0.453 e. The summed E-state index contributed by atoms with van der Waals surface area (Å²) in [7, 11) is 1.29. The molecule has 4 aromatic heterocycles. The van der Waals surface area contributed by atoms with Crippen LogP contribution in [0.1, 0.15) is 0 Å². The van der Waals surface area contributed by atoms with Gasteiger partial charge in [-0.25, -0.2) is 23.8 Å². The van der Waals surface area contributed by atoms with Gasteiger partial charge in [-0.15, -0.1) is 0 Å². The van der Waals surface area contributed by atoms with Gasteiger partial charge >= 0.3 is 6.09 Å².